The Morgan fingerprint density at radius 2 is 2.57 bits per heavy atom. The van der Waals surface area contributed by atoms with Crippen LogP contribution in [-0.4, -0.2) is 17.1 Å². The summed E-state index contributed by atoms with van der Waals surface area (Å²) in [6.45, 7) is 2.02. The first kappa shape index (κ1) is 10.8. The number of thiophene rings is 1. The molecule has 0 saturated carbocycles. The van der Waals surface area contributed by atoms with Crippen LogP contribution in [0.3, 0.4) is 0 Å². The van der Waals surface area contributed by atoms with Crippen LogP contribution in [-0.2, 0) is 11.2 Å². The third kappa shape index (κ3) is 4.09. The fraction of sp³-hybridized carbons (Fsp3) is 0.300. The van der Waals surface area contributed by atoms with Gasteiger partial charge in [-0.3, -0.25) is 0 Å². The maximum atomic E-state index is 10.2. The molecule has 1 atom stereocenters. The van der Waals surface area contributed by atoms with E-state index in [1.54, 1.807) is 11.3 Å². The molecular formula is C10H13NO2S. The second kappa shape index (κ2) is 5.44. The van der Waals surface area contributed by atoms with E-state index in [1.165, 1.54) is 11.8 Å². The number of hydrogen-bond donors (Lipinski definition) is 2. The Morgan fingerprint density at radius 1 is 1.79 bits per heavy atom. The molecule has 0 aliphatic heterocycles. The smallest absolute Gasteiger partial charge is 0.329 e. The van der Waals surface area contributed by atoms with Crippen LogP contribution < -0.4 is 5.32 Å². The van der Waals surface area contributed by atoms with Crippen LogP contribution in [0.15, 0.2) is 29.1 Å². The van der Waals surface area contributed by atoms with Crippen molar-refractivity contribution in [2.45, 2.75) is 19.4 Å². The lowest BCUT2D eigenvalue weighted by Crippen LogP contribution is -2.22. The Kier molecular flexibility index (Phi) is 4.19. The van der Waals surface area contributed by atoms with E-state index in [4.69, 9.17) is 5.11 Å². The zero-order chi connectivity index (χ0) is 10.4. The van der Waals surface area contributed by atoms with Gasteiger partial charge in [0.25, 0.3) is 0 Å². The van der Waals surface area contributed by atoms with Gasteiger partial charge in [-0.25, -0.2) is 4.79 Å². The molecular weight excluding hydrogens is 198 g/mol. The molecule has 0 fully saturated rings. The molecule has 0 saturated heterocycles. The van der Waals surface area contributed by atoms with Crippen LogP contribution in [0.4, 0.5) is 0 Å². The van der Waals surface area contributed by atoms with Crippen molar-refractivity contribution in [3.05, 3.63) is 34.7 Å². The van der Waals surface area contributed by atoms with Gasteiger partial charge < -0.3 is 10.4 Å². The zero-order valence-electron chi connectivity index (χ0n) is 7.93. The Bertz CT molecular complexity index is 306. The molecule has 1 aromatic heterocycles. The van der Waals surface area contributed by atoms with Gasteiger partial charge >= 0.3 is 5.97 Å². The second-order valence-corrected chi connectivity index (χ2v) is 3.86. The number of carbonyl (C=O) groups is 1. The van der Waals surface area contributed by atoms with E-state index < -0.39 is 5.97 Å². The summed E-state index contributed by atoms with van der Waals surface area (Å²) in [6, 6.07) is 2.32. The van der Waals surface area contributed by atoms with Crippen LogP contribution in [0.1, 0.15) is 12.5 Å². The molecule has 0 radical (unpaired) electrons. The van der Waals surface area contributed by atoms with E-state index in [0.29, 0.717) is 0 Å². The highest BCUT2D eigenvalue weighted by molar-refractivity contribution is 7.07. The minimum Gasteiger partial charge on any atom is -0.478 e. The van der Waals surface area contributed by atoms with E-state index >= 15 is 0 Å². The number of carboxylic acids is 1. The molecule has 4 heteroatoms. The summed E-state index contributed by atoms with van der Waals surface area (Å²) < 4.78 is 0. The summed E-state index contributed by atoms with van der Waals surface area (Å²) in [4.78, 5) is 10.2. The van der Waals surface area contributed by atoms with Crippen LogP contribution in [0.25, 0.3) is 0 Å². The molecule has 0 aliphatic carbocycles. The molecule has 3 nitrogen and oxygen atoms in total. The Hall–Kier alpha value is -1.29. The SMILES string of the molecule is CC(Cc1ccsc1)N/C=C/C(=O)O. The fourth-order valence-electron chi connectivity index (χ4n) is 1.10. The number of nitrogens with one attached hydrogen (secondary N) is 1. The average Bonchev–Trinajstić information content (AvgIpc) is 2.56. The van der Waals surface area contributed by atoms with Gasteiger partial charge in [0.05, 0.1) is 0 Å². The lowest BCUT2D eigenvalue weighted by atomic mass is 10.1. The van der Waals surface area contributed by atoms with E-state index in [2.05, 4.69) is 16.8 Å². The molecule has 14 heavy (non-hydrogen) atoms. The lowest BCUT2D eigenvalue weighted by Gasteiger charge is -2.09. The lowest BCUT2D eigenvalue weighted by molar-refractivity contribution is -0.131. The first-order valence-corrected chi connectivity index (χ1v) is 5.29. The highest BCUT2D eigenvalue weighted by Gasteiger charge is 2.00. The average molecular weight is 211 g/mol. The number of hydrogen-bond acceptors (Lipinski definition) is 3. The molecule has 1 unspecified atom stereocenters. The molecule has 1 rings (SSSR count). The first-order chi connectivity index (χ1) is 6.68. The van der Waals surface area contributed by atoms with Crippen molar-refractivity contribution in [2.24, 2.45) is 0 Å². The van der Waals surface area contributed by atoms with Crippen molar-refractivity contribution in [1.82, 2.24) is 5.32 Å². The standard InChI is InChI=1S/C10H13NO2S/c1-8(11-4-2-10(12)13)6-9-3-5-14-7-9/h2-5,7-8,11H,6H2,1H3,(H,12,13)/b4-2+. The van der Waals surface area contributed by atoms with Gasteiger partial charge in [-0.2, -0.15) is 11.3 Å². The Morgan fingerprint density at radius 3 is 3.14 bits per heavy atom. The van der Waals surface area contributed by atoms with Crippen LogP contribution >= 0.6 is 11.3 Å². The first-order valence-electron chi connectivity index (χ1n) is 4.35. The van der Waals surface area contributed by atoms with E-state index in [9.17, 15) is 4.79 Å². The number of rotatable bonds is 5. The van der Waals surface area contributed by atoms with Crippen molar-refractivity contribution < 1.29 is 9.90 Å². The maximum absolute atomic E-state index is 10.2. The topological polar surface area (TPSA) is 49.3 Å². The summed E-state index contributed by atoms with van der Waals surface area (Å²) in [6.07, 6.45) is 3.48. The van der Waals surface area contributed by atoms with Gasteiger partial charge in [-0.05, 0) is 35.7 Å². The summed E-state index contributed by atoms with van der Waals surface area (Å²) in [7, 11) is 0. The Balaban J connectivity index is 2.29. The molecule has 0 spiro atoms. The Labute approximate surface area is 87.1 Å². The molecule has 0 aromatic carbocycles. The number of carboxylic acid groups (broad SMARTS) is 1. The van der Waals surface area contributed by atoms with Gasteiger partial charge in [0.1, 0.15) is 0 Å². The van der Waals surface area contributed by atoms with Crippen molar-refractivity contribution in [1.29, 1.82) is 0 Å². The predicted octanol–water partition coefficient (Wildman–Crippen LogP) is 1.87. The number of aliphatic carboxylic acids is 1. The van der Waals surface area contributed by atoms with Crippen LogP contribution in [0.5, 0.6) is 0 Å². The van der Waals surface area contributed by atoms with Gasteiger partial charge in [-0.15, -0.1) is 0 Å². The van der Waals surface area contributed by atoms with Crippen molar-refractivity contribution in [3.8, 4) is 0 Å². The van der Waals surface area contributed by atoms with Crippen LogP contribution in [0.2, 0.25) is 0 Å². The highest BCUT2D eigenvalue weighted by atomic mass is 32.1. The van der Waals surface area contributed by atoms with Gasteiger partial charge in [0.15, 0.2) is 0 Å². The summed E-state index contributed by atoms with van der Waals surface area (Å²) in [5.41, 5.74) is 1.28. The van der Waals surface area contributed by atoms with Gasteiger partial charge in [-0.1, -0.05) is 0 Å². The molecule has 0 aliphatic rings. The minimum atomic E-state index is -0.930. The van der Waals surface area contributed by atoms with E-state index in [1.807, 2.05) is 12.3 Å². The molecule has 0 amide bonds. The monoisotopic (exact) mass is 211 g/mol. The maximum Gasteiger partial charge on any atom is 0.329 e. The van der Waals surface area contributed by atoms with Gasteiger partial charge in [0.2, 0.25) is 0 Å². The largest absolute Gasteiger partial charge is 0.478 e. The van der Waals surface area contributed by atoms with E-state index in [-0.39, 0.29) is 6.04 Å². The third-order valence-electron chi connectivity index (χ3n) is 1.73. The summed E-state index contributed by atoms with van der Waals surface area (Å²) in [5, 5.41) is 15.5. The minimum absolute atomic E-state index is 0.250. The molecule has 76 valence electrons. The zero-order valence-corrected chi connectivity index (χ0v) is 8.75. The summed E-state index contributed by atoms with van der Waals surface area (Å²) >= 11 is 1.67. The molecule has 0 bridgehead atoms. The molecule has 1 aromatic rings. The summed E-state index contributed by atoms with van der Waals surface area (Å²) in [5.74, 6) is -0.930. The van der Waals surface area contributed by atoms with Gasteiger partial charge in [0, 0.05) is 18.3 Å². The molecule has 2 N–H and O–H groups in total. The van der Waals surface area contributed by atoms with Crippen LogP contribution in [0, 0.1) is 0 Å². The predicted molar refractivity (Wildman–Crippen MR) is 57.4 cm³/mol. The molecule has 1 heterocycles. The normalized spacial score (nSPS) is 12.9. The third-order valence-corrected chi connectivity index (χ3v) is 2.46. The van der Waals surface area contributed by atoms with Crippen molar-refractivity contribution in [2.75, 3.05) is 0 Å². The fourth-order valence-corrected chi connectivity index (χ4v) is 1.79. The second-order valence-electron chi connectivity index (χ2n) is 3.08. The quantitative estimate of drug-likeness (QED) is 0.731. The van der Waals surface area contributed by atoms with E-state index in [0.717, 1.165) is 12.5 Å². The highest BCUT2D eigenvalue weighted by Crippen LogP contribution is 2.08. The van der Waals surface area contributed by atoms with Crippen molar-refractivity contribution in [3.63, 3.8) is 0 Å². The van der Waals surface area contributed by atoms with Crippen molar-refractivity contribution >= 4 is 17.3 Å².